The molecule has 2 aromatic rings. The lowest BCUT2D eigenvalue weighted by Crippen LogP contribution is -2.39. The Labute approximate surface area is 149 Å². The molecule has 0 aromatic heterocycles. The highest BCUT2D eigenvalue weighted by atomic mass is 19.1. The summed E-state index contributed by atoms with van der Waals surface area (Å²) in [7, 11) is 1.83. The van der Waals surface area contributed by atoms with Gasteiger partial charge >= 0.3 is 0 Å². The molecule has 0 aliphatic carbocycles. The van der Waals surface area contributed by atoms with Gasteiger partial charge in [0.25, 0.3) is 0 Å². The standard InChI is InChI=1S/C21H25FN2O/c1-23(21(25)15-18-11-5-6-12-19(18)22)20(16-24-13-7-8-14-24)17-9-3-2-4-10-17/h2-6,9-12,20H,7-8,13-16H2,1H3/t20-/m1/s1. The van der Waals surface area contributed by atoms with Gasteiger partial charge in [0.1, 0.15) is 5.82 Å². The van der Waals surface area contributed by atoms with E-state index in [2.05, 4.69) is 17.0 Å². The molecule has 1 amide bonds. The number of benzene rings is 2. The topological polar surface area (TPSA) is 23.6 Å². The average Bonchev–Trinajstić information content (AvgIpc) is 3.15. The average molecular weight is 340 g/mol. The van der Waals surface area contributed by atoms with Crippen LogP contribution in [-0.2, 0) is 11.2 Å². The molecule has 4 heteroatoms. The van der Waals surface area contributed by atoms with Crippen molar-refractivity contribution in [3.05, 3.63) is 71.5 Å². The molecule has 1 atom stereocenters. The molecule has 1 heterocycles. The third kappa shape index (κ3) is 4.45. The maximum absolute atomic E-state index is 13.9. The van der Waals surface area contributed by atoms with E-state index in [-0.39, 0.29) is 24.2 Å². The molecular formula is C21H25FN2O. The lowest BCUT2D eigenvalue weighted by atomic mass is 10.0. The van der Waals surface area contributed by atoms with Gasteiger partial charge < -0.3 is 9.80 Å². The van der Waals surface area contributed by atoms with Gasteiger partial charge in [-0.3, -0.25) is 4.79 Å². The number of halogens is 1. The fourth-order valence-electron chi connectivity index (χ4n) is 3.44. The Morgan fingerprint density at radius 1 is 1.08 bits per heavy atom. The Kier molecular flexibility index (Phi) is 5.82. The zero-order valence-electron chi connectivity index (χ0n) is 14.7. The van der Waals surface area contributed by atoms with Gasteiger partial charge in [-0.1, -0.05) is 48.5 Å². The summed E-state index contributed by atoms with van der Waals surface area (Å²) < 4.78 is 13.9. The summed E-state index contributed by atoms with van der Waals surface area (Å²) >= 11 is 0. The Morgan fingerprint density at radius 2 is 1.72 bits per heavy atom. The van der Waals surface area contributed by atoms with Crippen molar-refractivity contribution in [1.29, 1.82) is 0 Å². The first kappa shape index (κ1) is 17.6. The highest BCUT2D eigenvalue weighted by Crippen LogP contribution is 2.24. The van der Waals surface area contributed by atoms with Gasteiger partial charge in [-0.25, -0.2) is 4.39 Å². The van der Waals surface area contributed by atoms with Crippen molar-refractivity contribution in [3.63, 3.8) is 0 Å². The molecular weight excluding hydrogens is 315 g/mol. The quantitative estimate of drug-likeness (QED) is 0.801. The molecule has 0 bridgehead atoms. The van der Waals surface area contributed by atoms with Crippen LogP contribution in [0.1, 0.15) is 30.0 Å². The number of carbonyl (C=O) groups is 1. The normalized spacial score (nSPS) is 15.9. The van der Waals surface area contributed by atoms with Crippen LogP contribution >= 0.6 is 0 Å². The number of rotatable bonds is 6. The van der Waals surface area contributed by atoms with Gasteiger partial charge in [0.2, 0.25) is 5.91 Å². The van der Waals surface area contributed by atoms with Crippen LogP contribution in [0.2, 0.25) is 0 Å². The molecule has 25 heavy (non-hydrogen) atoms. The molecule has 1 fully saturated rings. The lowest BCUT2D eigenvalue weighted by molar-refractivity contribution is -0.131. The second-order valence-electron chi connectivity index (χ2n) is 6.71. The molecule has 2 aromatic carbocycles. The summed E-state index contributed by atoms with van der Waals surface area (Å²) in [6.45, 7) is 2.99. The number of likely N-dealkylation sites (N-methyl/N-ethyl adjacent to an activating group) is 1. The van der Waals surface area contributed by atoms with E-state index in [9.17, 15) is 9.18 Å². The molecule has 132 valence electrons. The molecule has 1 saturated heterocycles. The van der Waals surface area contributed by atoms with E-state index in [0.29, 0.717) is 5.56 Å². The van der Waals surface area contributed by atoms with Crippen LogP contribution in [-0.4, -0.2) is 42.4 Å². The Morgan fingerprint density at radius 3 is 2.40 bits per heavy atom. The first-order valence-corrected chi connectivity index (χ1v) is 8.91. The Balaban J connectivity index is 1.76. The highest BCUT2D eigenvalue weighted by molar-refractivity contribution is 5.79. The van der Waals surface area contributed by atoms with Gasteiger partial charge in [0.05, 0.1) is 12.5 Å². The van der Waals surface area contributed by atoms with E-state index in [4.69, 9.17) is 0 Å². The van der Waals surface area contributed by atoms with Crippen molar-refractivity contribution in [3.8, 4) is 0 Å². The van der Waals surface area contributed by atoms with Gasteiger partial charge in [-0.05, 0) is 43.1 Å². The summed E-state index contributed by atoms with van der Waals surface area (Å²) in [4.78, 5) is 17.0. The van der Waals surface area contributed by atoms with Crippen LogP contribution in [0, 0.1) is 5.82 Å². The van der Waals surface area contributed by atoms with Crippen LogP contribution in [0.15, 0.2) is 54.6 Å². The summed E-state index contributed by atoms with van der Waals surface area (Å²) in [5.74, 6) is -0.377. The minimum Gasteiger partial charge on any atom is -0.337 e. The fraction of sp³-hybridized carbons (Fsp3) is 0.381. The first-order chi connectivity index (χ1) is 12.1. The van der Waals surface area contributed by atoms with E-state index in [1.165, 1.54) is 18.9 Å². The van der Waals surface area contributed by atoms with Crippen molar-refractivity contribution in [2.45, 2.75) is 25.3 Å². The van der Waals surface area contributed by atoms with Crippen molar-refractivity contribution in [2.75, 3.05) is 26.7 Å². The number of likely N-dealkylation sites (tertiary alicyclic amines) is 1. The predicted molar refractivity (Wildman–Crippen MR) is 97.7 cm³/mol. The van der Waals surface area contributed by atoms with Crippen LogP contribution in [0.5, 0.6) is 0 Å². The largest absolute Gasteiger partial charge is 0.337 e. The van der Waals surface area contributed by atoms with Gasteiger partial charge in [0, 0.05) is 13.6 Å². The van der Waals surface area contributed by atoms with E-state index >= 15 is 0 Å². The first-order valence-electron chi connectivity index (χ1n) is 8.91. The van der Waals surface area contributed by atoms with Crippen molar-refractivity contribution < 1.29 is 9.18 Å². The van der Waals surface area contributed by atoms with Crippen LogP contribution in [0.4, 0.5) is 4.39 Å². The number of nitrogens with zero attached hydrogens (tertiary/aromatic N) is 2. The summed E-state index contributed by atoms with van der Waals surface area (Å²) in [6, 6.07) is 16.6. The molecule has 0 saturated carbocycles. The smallest absolute Gasteiger partial charge is 0.227 e. The summed E-state index contributed by atoms with van der Waals surface area (Å²) in [6.07, 6.45) is 2.52. The SMILES string of the molecule is CN(C(=O)Cc1ccccc1F)[C@H](CN1CCCC1)c1ccccc1. The Bertz CT molecular complexity index is 698. The Hall–Kier alpha value is -2.20. The summed E-state index contributed by atoms with van der Waals surface area (Å²) in [5.41, 5.74) is 1.58. The molecule has 3 nitrogen and oxygen atoms in total. The van der Waals surface area contributed by atoms with Crippen molar-refractivity contribution in [1.82, 2.24) is 9.80 Å². The number of hydrogen-bond donors (Lipinski definition) is 0. The molecule has 0 N–H and O–H groups in total. The zero-order valence-corrected chi connectivity index (χ0v) is 14.7. The minimum absolute atomic E-state index is 0.0152. The highest BCUT2D eigenvalue weighted by Gasteiger charge is 2.25. The number of carbonyl (C=O) groups excluding carboxylic acids is 1. The number of hydrogen-bond acceptors (Lipinski definition) is 2. The molecule has 3 rings (SSSR count). The molecule has 0 radical (unpaired) electrons. The fourth-order valence-corrected chi connectivity index (χ4v) is 3.44. The second kappa shape index (κ2) is 8.26. The van der Waals surface area contributed by atoms with E-state index < -0.39 is 0 Å². The maximum atomic E-state index is 13.9. The zero-order chi connectivity index (χ0) is 17.6. The molecule has 1 aliphatic heterocycles. The van der Waals surface area contributed by atoms with E-state index in [0.717, 1.165) is 25.2 Å². The van der Waals surface area contributed by atoms with E-state index in [1.54, 1.807) is 23.1 Å². The van der Waals surface area contributed by atoms with Crippen molar-refractivity contribution >= 4 is 5.91 Å². The van der Waals surface area contributed by atoms with Gasteiger partial charge in [0.15, 0.2) is 0 Å². The van der Waals surface area contributed by atoms with Gasteiger partial charge in [-0.15, -0.1) is 0 Å². The second-order valence-corrected chi connectivity index (χ2v) is 6.71. The maximum Gasteiger partial charge on any atom is 0.227 e. The lowest BCUT2D eigenvalue weighted by Gasteiger charge is -2.32. The van der Waals surface area contributed by atoms with E-state index in [1.807, 2.05) is 25.2 Å². The van der Waals surface area contributed by atoms with Crippen LogP contribution in [0.25, 0.3) is 0 Å². The van der Waals surface area contributed by atoms with Gasteiger partial charge in [-0.2, -0.15) is 0 Å². The molecule has 0 unspecified atom stereocenters. The predicted octanol–water partition coefficient (Wildman–Crippen LogP) is 3.66. The molecule has 1 aliphatic rings. The summed E-state index contributed by atoms with van der Waals surface area (Å²) in [5, 5.41) is 0. The monoisotopic (exact) mass is 340 g/mol. The van der Waals surface area contributed by atoms with Crippen LogP contribution in [0.3, 0.4) is 0 Å². The van der Waals surface area contributed by atoms with Crippen LogP contribution < -0.4 is 0 Å². The third-order valence-electron chi connectivity index (χ3n) is 4.97. The molecule has 0 spiro atoms. The third-order valence-corrected chi connectivity index (χ3v) is 4.97. The van der Waals surface area contributed by atoms with Crippen molar-refractivity contribution in [2.24, 2.45) is 0 Å². The number of amides is 1. The minimum atomic E-state index is -0.319.